The molecule has 1 amide bonds. The van der Waals surface area contributed by atoms with Crippen molar-refractivity contribution in [2.75, 3.05) is 6.61 Å². The Balaban J connectivity index is 1.43. The van der Waals surface area contributed by atoms with Gasteiger partial charge in [-0.3, -0.25) is 4.79 Å². The molecule has 1 saturated heterocycles. The molecular formula is C16H16N4O2S. The minimum Gasteiger partial charge on any atom is -0.373 e. The first-order chi connectivity index (χ1) is 11.3. The van der Waals surface area contributed by atoms with Gasteiger partial charge < -0.3 is 10.1 Å². The molecule has 0 bridgehead atoms. The van der Waals surface area contributed by atoms with E-state index in [0.717, 1.165) is 35.5 Å². The van der Waals surface area contributed by atoms with E-state index in [1.807, 2.05) is 24.4 Å². The molecule has 0 aliphatic carbocycles. The largest absolute Gasteiger partial charge is 0.373 e. The summed E-state index contributed by atoms with van der Waals surface area (Å²) in [7, 11) is 0. The quantitative estimate of drug-likeness (QED) is 0.799. The van der Waals surface area contributed by atoms with E-state index in [1.165, 1.54) is 11.3 Å². The second kappa shape index (κ2) is 6.10. The van der Waals surface area contributed by atoms with Gasteiger partial charge in [0.05, 0.1) is 17.2 Å². The molecule has 0 aromatic carbocycles. The van der Waals surface area contributed by atoms with Crippen molar-refractivity contribution in [1.82, 2.24) is 19.9 Å². The standard InChI is InChI=1S/C16H16N4O2S/c21-16(14-5-4-13(23-14)12-3-1-8-22-12)18-9-11-10-19-20-7-2-6-17-15(11)20/h2,4-7,10,12H,1,3,8-9H2,(H,18,21)/t12-/m1/s1. The van der Waals surface area contributed by atoms with E-state index >= 15 is 0 Å². The average Bonchev–Trinajstić information content (AvgIpc) is 3.31. The number of fused-ring (bicyclic) bond motifs is 1. The minimum atomic E-state index is -0.0745. The molecule has 23 heavy (non-hydrogen) atoms. The first-order valence-electron chi connectivity index (χ1n) is 7.58. The lowest BCUT2D eigenvalue weighted by molar-refractivity contribution is 0.0955. The predicted octanol–water partition coefficient (Wildman–Crippen LogP) is 2.57. The second-order valence-electron chi connectivity index (χ2n) is 5.44. The van der Waals surface area contributed by atoms with Crippen LogP contribution in [0.2, 0.25) is 0 Å². The van der Waals surface area contributed by atoms with Gasteiger partial charge >= 0.3 is 0 Å². The Morgan fingerprint density at radius 3 is 3.30 bits per heavy atom. The van der Waals surface area contributed by atoms with Crippen molar-refractivity contribution in [3.63, 3.8) is 0 Å². The van der Waals surface area contributed by atoms with Gasteiger partial charge in [-0.05, 0) is 31.0 Å². The Hall–Kier alpha value is -2.25. The summed E-state index contributed by atoms with van der Waals surface area (Å²) in [6, 6.07) is 5.68. The van der Waals surface area contributed by atoms with Crippen molar-refractivity contribution in [2.45, 2.75) is 25.5 Å². The van der Waals surface area contributed by atoms with E-state index in [0.29, 0.717) is 11.4 Å². The van der Waals surface area contributed by atoms with Crippen molar-refractivity contribution < 1.29 is 9.53 Å². The van der Waals surface area contributed by atoms with Gasteiger partial charge in [-0.2, -0.15) is 5.10 Å². The number of ether oxygens (including phenoxy) is 1. The summed E-state index contributed by atoms with van der Waals surface area (Å²) in [5.74, 6) is -0.0745. The fourth-order valence-electron chi connectivity index (χ4n) is 2.71. The van der Waals surface area contributed by atoms with Crippen LogP contribution in [0.4, 0.5) is 0 Å². The van der Waals surface area contributed by atoms with Gasteiger partial charge in [0.2, 0.25) is 0 Å². The summed E-state index contributed by atoms with van der Waals surface area (Å²) in [5.41, 5.74) is 1.66. The summed E-state index contributed by atoms with van der Waals surface area (Å²) >= 11 is 1.51. The number of nitrogens with one attached hydrogen (secondary N) is 1. The summed E-state index contributed by atoms with van der Waals surface area (Å²) < 4.78 is 7.36. The third-order valence-electron chi connectivity index (χ3n) is 3.89. The predicted molar refractivity (Wildman–Crippen MR) is 86.4 cm³/mol. The van der Waals surface area contributed by atoms with Gasteiger partial charge in [0.15, 0.2) is 5.65 Å². The van der Waals surface area contributed by atoms with Crippen LogP contribution in [0.15, 0.2) is 36.8 Å². The number of thiophene rings is 1. The van der Waals surface area contributed by atoms with Gasteiger partial charge in [0.25, 0.3) is 5.91 Å². The van der Waals surface area contributed by atoms with Crippen molar-refractivity contribution in [3.05, 3.63) is 52.1 Å². The summed E-state index contributed by atoms with van der Waals surface area (Å²) in [4.78, 5) is 18.4. The van der Waals surface area contributed by atoms with Crippen LogP contribution < -0.4 is 5.32 Å². The number of nitrogens with zero attached hydrogens (tertiary/aromatic N) is 3. The smallest absolute Gasteiger partial charge is 0.261 e. The average molecular weight is 328 g/mol. The monoisotopic (exact) mass is 328 g/mol. The molecule has 7 heteroatoms. The van der Waals surface area contributed by atoms with Crippen molar-refractivity contribution in [1.29, 1.82) is 0 Å². The van der Waals surface area contributed by atoms with E-state index in [-0.39, 0.29) is 12.0 Å². The Kier molecular flexibility index (Phi) is 3.80. The zero-order valence-electron chi connectivity index (χ0n) is 12.4. The molecule has 1 aliphatic rings. The van der Waals surface area contributed by atoms with Crippen LogP contribution in [0.1, 0.15) is 39.1 Å². The van der Waals surface area contributed by atoms with Crippen LogP contribution in [-0.4, -0.2) is 27.1 Å². The molecule has 1 atom stereocenters. The van der Waals surface area contributed by atoms with E-state index in [2.05, 4.69) is 15.4 Å². The fourth-order valence-corrected chi connectivity index (χ4v) is 3.72. The molecule has 4 heterocycles. The highest BCUT2D eigenvalue weighted by molar-refractivity contribution is 7.14. The number of carbonyl (C=O) groups excluding carboxylic acids is 1. The van der Waals surface area contributed by atoms with Gasteiger partial charge in [-0.1, -0.05) is 0 Å². The topological polar surface area (TPSA) is 68.5 Å². The highest BCUT2D eigenvalue weighted by Gasteiger charge is 2.21. The molecule has 118 valence electrons. The fraction of sp³-hybridized carbons (Fsp3) is 0.312. The normalized spacial score (nSPS) is 17.7. The first-order valence-corrected chi connectivity index (χ1v) is 8.40. The molecule has 0 radical (unpaired) electrons. The number of rotatable bonds is 4. The SMILES string of the molecule is O=C(NCc1cnn2cccnc12)c1ccc([C@H]2CCCO2)s1. The molecule has 3 aromatic rings. The Bertz CT molecular complexity index is 835. The van der Waals surface area contributed by atoms with Crippen molar-refractivity contribution >= 4 is 22.9 Å². The van der Waals surface area contributed by atoms with Crippen LogP contribution in [0.5, 0.6) is 0 Å². The van der Waals surface area contributed by atoms with Crippen molar-refractivity contribution in [3.8, 4) is 0 Å². The number of hydrogen-bond acceptors (Lipinski definition) is 5. The molecule has 0 spiro atoms. The lowest BCUT2D eigenvalue weighted by Gasteiger charge is -2.05. The molecular weight excluding hydrogens is 312 g/mol. The minimum absolute atomic E-state index is 0.0745. The van der Waals surface area contributed by atoms with E-state index < -0.39 is 0 Å². The Labute approximate surface area is 137 Å². The summed E-state index contributed by atoms with van der Waals surface area (Å²) in [6.45, 7) is 1.22. The van der Waals surface area contributed by atoms with Gasteiger partial charge in [0, 0.05) is 36.0 Å². The van der Waals surface area contributed by atoms with Crippen molar-refractivity contribution in [2.24, 2.45) is 0 Å². The highest BCUT2D eigenvalue weighted by Crippen LogP contribution is 2.33. The van der Waals surface area contributed by atoms with Gasteiger partial charge in [-0.15, -0.1) is 11.3 Å². The van der Waals surface area contributed by atoms with Crippen LogP contribution in [0.25, 0.3) is 5.65 Å². The Morgan fingerprint density at radius 1 is 1.48 bits per heavy atom. The molecule has 0 unspecified atom stereocenters. The van der Waals surface area contributed by atoms with Gasteiger partial charge in [0.1, 0.15) is 0 Å². The summed E-state index contributed by atoms with van der Waals surface area (Å²) in [6.07, 6.45) is 7.57. The number of hydrogen-bond donors (Lipinski definition) is 1. The van der Waals surface area contributed by atoms with Crippen LogP contribution >= 0.6 is 11.3 Å². The maximum Gasteiger partial charge on any atom is 0.261 e. The second-order valence-corrected chi connectivity index (χ2v) is 6.56. The van der Waals surface area contributed by atoms with E-state index in [9.17, 15) is 4.79 Å². The molecule has 4 rings (SSSR count). The van der Waals surface area contributed by atoms with Gasteiger partial charge in [-0.25, -0.2) is 9.50 Å². The van der Waals surface area contributed by atoms with Crippen LogP contribution in [-0.2, 0) is 11.3 Å². The number of amides is 1. The maximum atomic E-state index is 12.3. The zero-order chi connectivity index (χ0) is 15.6. The molecule has 1 N–H and O–H groups in total. The highest BCUT2D eigenvalue weighted by atomic mass is 32.1. The molecule has 3 aromatic heterocycles. The molecule has 1 fully saturated rings. The molecule has 6 nitrogen and oxygen atoms in total. The van der Waals surface area contributed by atoms with E-state index in [1.54, 1.807) is 16.9 Å². The number of carbonyl (C=O) groups is 1. The Morgan fingerprint density at radius 2 is 2.43 bits per heavy atom. The lowest BCUT2D eigenvalue weighted by Crippen LogP contribution is -2.21. The maximum absolute atomic E-state index is 12.3. The number of aromatic nitrogens is 3. The van der Waals surface area contributed by atoms with Crippen LogP contribution in [0, 0.1) is 0 Å². The molecule has 0 saturated carbocycles. The van der Waals surface area contributed by atoms with E-state index in [4.69, 9.17) is 4.74 Å². The third-order valence-corrected chi connectivity index (χ3v) is 5.07. The third kappa shape index (κ3) is 2.85. The lowest BCUT2D eigenvalue weighted by atomic mass is 10.2. The molecule has 1 aliphatic heterocycles. The zero-order valence-corrected chi connectivity index (χ0v) is 13.3. The summed E-state index contributed by atoms with van der Waals surface area (Å²) in [5, 5.41) is 7.15. The first kappa shape index (κ1) is 14.3. The van der Waals surface area contributed by atoms with Crippen LogP contribution in [0.3, 0.4) is 0 Å².